The van der Waals surface area contributed by atoms with E-state index in [0.717, 1.165) is 12.2 Å². The second-order valence-electron chi connectivity index (χ2n) is 5.53. The van der Waals surface area contributed by atoms with Gasteiger partial charge in [0, 0.05) is 12.1 Å². The summed E-state index contributed by atoms with van der Waals surface area (Å²) in [6.45, 7) is 2.79. The number of carbonyl (C=O) groups excluding carboxylic acids is 2. The van der Waals surface area contributed by atoms with Gasteiger partial charge in [-0.1, -0.05) is 31.2 Å². The summed E-state index contributed by atoms with van der Waals surface area (Å²) in [5.41, 5.74) is 1.01. The van der Waals surface area contributed by atoms with Crippen LogP contribution in [0.2, 0.25) is 0 Å². The standard InChI is InChI=1S/C20H23NO4/c1-2-13-25-20(23)16-8-6-9-17(15-16)21-19(22)12-7-14-24-18-10-4-3-5-11-18/h3-6,8-11,15H,2,7,12-14H2,1H3,(H,21,22). The Morgan fingerprint density at radius 1 is 1.00 bits per heavy atom. The molecule has 0 aliphatic rings. The predicted octanol–water partition coefficient (Wildman–Crippen LogP) is 4.05. The first-order chi connectivity index (χ1) is 12.2. The van der Waals surface area contributed by atoms with Gasteiger partial charge in [-0.05, 0) is 43.2 Å². The highest BCUT2D eigenvalue weighted by Crippen LogP contribution is 2.13. The quantitative estimate of drug-likeness (QED) is 0.552. The maximum absolute atomic E-state index is 12.0. The summed E-state index contributed by atoms with van der Waals surface area (Å²) in [6, 6.07) is 16.2. The first kappa shape index (κ1) is 18.5. The van der Waals surface area contributed by atoms with Gasteiger partial charge in [0.05, 0.1) is 18.8 Å². The number of ether oxygens (including phenoxy) is 2. The van der Waals surface area contributed by atoms with Crippen molar-refractivity contribution in [3.8, 4) is 5.75 Å². The van der Waals surface area contributed by atoms with Crippen molar-refractivity contribution in [1.82, 2.24) is 0 Å². The average Bonchev–Trinajstić information content (AvgIpc) is 2.64. The molecule has 0 bridgehead atoms. The summed E-state index contributed by atoms with van der Waals surface area (Å²) in [6.07, 6.45) is 1.73. The Balaban J connectivity index is 1.75. The van der Waals surface area contributed by atoms with E-state index >= 15 is 0 Å². The zero-order valence-corrected chi connectivity index (χ0v) is 14.4. The van der Waals surface area contributed by atoms with Crippen molar-refractivity contribution < 1.29 is 19.1 Å². The molecule has 0 saturated heterocycles. The highest BCUT2D eigenvalue weighted by Gasteiger charge is 2.09. The van der Waals surface area contributed by atoms with Gasteiger partial charge in [-0.25, -0.2) is 4.79 Å². The van der Waals surface area contributed by atoms with Gasteiger partial charge in [-0.2, -0.15) is 0 Å². The fourth-order valence-electron chi connectivity index (χ4n) is 2.16. The number of rotatable bonds is 9. The van der Waals surface area contributed by atoms with Crippen LogP contribution in [-0.4, -0.2) is 25.1 Å². The van der Waals surface area contributed by atoms with Gasteiger partial charge in [0.25, 0.3) is 0 Å². The normalized spacial score (nSPS) is 10.1. The first-order valence-electron chi connectivity index (χ1n) is 8.44. The number of carbonyl (C=O) groups is 2. The van der Waals surface area contributed by atoms with Crippen molar-refractivity contribution in [2.75, 3.05) is 18.5 Å². The van der Waals surface area contributed by atoms with Crippen LogP contribution in [0.25, 0.3) is 0 Å². The van der Waals surface area contributed by atoms with Crippen LogP contribution in [0.5, 0.6) is 5.75 Å². The van der Waals surface area contributed by atoms with E-state index in [9.17, 15) is 9.59 Å². The van der Waals surface area contributed by atoms with Crippen LogP contribution >= 0.6 is 0 Å². The van der Waals surface area contributed by atoms with Gasteiger partial charge in [-0.15, -0.1) is 0 Å². The lowest BCUT2D eigenvalue weighted by Crippen LogP contribution is -2.13. The van der Waals surface area contributed by atoms with Crippen molar-refractivity contribution in [3.63, 3.8) is 0 Å². The molecular weight excluding hydrogens is 318 g/mol. The van der Waals surface area contributed by atoms with Gasteiger partial charge >= 0.3 is 5.97 Å². The summed E-state index contributed by atoms with van der Waals surface area (Å²) in [5, 5.41) is 2.79. The molecule has 5 nitrogen and oxygen atoms in total. The first-order valence-corrected chi connectivity index (χ1v) is 8.44. The fraction of sp³-hybridized carbons (Fsp3) is 0.300. The molecule has 0 unspecified atom stereocenters. The van der Waals surface area contributed by atoms with E-state index < -0.39 is 0 Å². The number of esters is 1. The van der Waals surface area contributed by atoms with Crippen molar-refractivity contribution in [3.05, 3.63) is 60.2 Å². The van der Waals surface area contributed by atoms with Crippen molar-refractivity contribution in [2.45, 2.75) is 26.2 Å². The van der Waals surface area contributed by atoms with Crippen LogP contribution in [0, 0.1) is 0 Å². The molecule has 1 amide bonds. The number of amides is 1. The third kappa shape index (κ3) is 6.67. The predicted molar refractivity (Wildman–Crippen MR) is 96.8 cm³/mol. The molecule has 0 aromatic heterocycles. The van der Waals surface area contributed by atoms with Gasteiger partial charge in [0.15, 0.2) is 0 Å². The molecule has 0 saturated carbocycles. The SMILES string of the molecule is CCCOC(=O)c1cccc(NC(=O)CCCOc2ccccc2)c1. The third-order valence-corrected chi connectivity index (χ3v) is 3.38. The largest absolute Gasteiger partial charge is 0.494 e. The van der Waals surface area contributed by atoms with Gasteiger partial charge in [0.2, 0.25) is 5.91 Å². The molecule has 2 aromatic carbocycles. The van der Waals surface area contributed by atoms with Crippen molar-refractivity contribution >= 4 is 17.6 Å². The van der Waals surface area contributed by atoms with Crippen molar-refractivity contribution in [2.24, 2.45) is 0 Å². The Morgan fingerprint density at radius 3 is 2.56 bits per heavy atom. The molecule has 2 aromatic rings. The number of nitrogens with one attached hydrogen (secondary N) is 1. The molecule has 25 heavy (non-hydrogen) atoms. The minimum atomic E-state index is -0.380. The zero-order valence-electron chi connectivity index (χ0n) is 14.4. The van der Waals surface area contributed by atoms with E-state index in [1.807, 2.05) is 37.3 Å². The molecule has 0 radical (unpaired) electrons. The highest BCUT2D eigenvalue weighted by molar-refractivity contribution is 5.94. The van der Waals surface area contributed by atoms with E-state index in [4.69, 9.17) is 9.47 Å². The molecule has 1 N–H and O–H groups in total. The van der Waals surface area contributed by atoms with Crippen LogP contribution in [0.15, 0.2) is 54.6 Å². The minimum absolute atomic E-state index is 0.115. The third-order valence-electron chi connectivity index (χ3n) is 3.38. The topological polar surface area (TPSA) is 64.6 Å². The molecule has 0 atom stereocenters. The maximum atomic E-state index is 12.0. The van der Waals surface area contributed by atoms with E-state index in [0.29, 0.717) is 37.3 Å². The number of hydrogen-bond acceptors (Lipinski definition) is 4. The Kier molecular flexibility index (Phi) is 7.50. The molecular formula is C20H23NO4. The molecule has 2 rings (SSSR count). The summed E-state index contributed by atoms with van der Waals surface area (Å²) < 4.78 is 10.6. The Bertz CT molecular complexity index is 685. The number of hydrogen-bond donors (Lipinski definition) is 1. The second kappa shape index (κ2) is 10.1. The lowest BCUT2D eigenvalue weighted by molar-refractivity contribution is -0.116. The average molecular weight is 341 g/mol. The molecule has 132 valence electrons. The van der Waals surface area contributed by atoms with Crippen molar-refractivity contribution in [1.29, 1.82) is 0 Å². The monoisotopic (exact) mass is 341 g/mol. The smallest absolute Gasteiger partial charge is 0.338 e. The zero-order chi connectivity index (χ0) is 17.9. The minimum Gasteiger partial charge on any atom is -0.494 e. The van der Waals surface area contributed by atoms with Crippen LogP contribution in [0.3, 0.4) is 0 Å². The van der Waals surface area contributed by atoms with Gasteiger partial charge in [-0.3, -0.25) is 4.79 Å². The Labute approximate surface area is 148 Å². The number of anilines is 1. The van der Waals surface area contributed by atoms with Gasteiger partial charge in [0.1, 0.15) is 5.75 Å². The second-order valence-corrected chi connectivity index (χ2v) is 5.53. The lowest BCUT2D eigenvalue weighted by Gasteiger charge is -2.08. The van der Waals surface area contributed by atoms with Crippen LogP contribution in [0.4, 0.5) is 5.69 Å². The molecule has 0 aliphatic heterocycles. The summed E-state index contributed by atoms with van der Waals surface area (Å²) in [5.74, 6) is 0.297. The van der Waals surface area contributed by atoms with E-state index in [1.165, 1.54) is 0 Å². The Morgan fingerprint density at radius 2 is 1.80 bits per heavy atom. The summed E-state index contributed by atoms with van der Waals surface area (Å²) >= 11 is 0. The Hall–Kier alpha value is -2.82. The molecule has 0 aliphatic carbocycles. The van der Waals surface area contributed by atoms with Crippen LogP contribution < -0.4 is 10.1 Å². The summed E-state index contributed by atoms with van der Waals surface area (Å²) in [7, 11) is 0. The number of benzene rings is 2. The highest BCUT2D eigenvalue weighted by atomic mass is 16.5. The van der Waals surface area contributed by atoms with Gasteiger partial charge < -0.3 is 14.8 Å². The van der Waals surface area contributed by atoms with Crippen LogP contribution in [-0.2, 0) is 9.53 Å². The van der Waals surface area contributed by atoms with E-state index in [2.05, 4.69) is 5.32 Å². The molecule has 0 fully saturated rings. The van der Waals surface area contributed by atoms with E-state index in [1.54, 1.807) is 24.3 Å². The molecule has 0 heterocycles. The van der Waals surface area contributed by atoms with E-state index in [-0.39, 0.29) is 11.9 Å². The molecule has 5 heteroatoms. The van der Waals surface area contributed by atoms with Crippen LogP contribution in [0.1, 0.15) is 36.5 Å². The fourth-order valence-corrected chi connectivity index (χ4v) is 2.16. The molecule has 0 spiro atoms. The maximum Gasteiger partial charge on any atom is 0.338 e. The summed E-state index contributed by atoms with van der Waals surface area (Å²) in [4.78, 5) is 23.8. The lowest BCUT2D eigenvalue weighted by atomic mass is 10.2. The number of para-hydroxylation sites is 1.